The number of nitrogens with one attached hydrogen (secondary N) is 3. The fraction of sp³-hybridized carbons (Fsp3) is 0.188. The van der Waals surface area contributed by atoms with Crippen LogP contribution in [0.25, 0.3) is 55.6 Å². The van der Waals surface area contributed by atoms with E-state index in [1.807, 2.05) is 30.3 Å². The molecule has 8 heteroatoms. The van der Waals surface area contributed by atoms with Gasteiger partial charge in [-0.1, -0.05) is 43.5 Å². The Morgan fingerprint density at radius 2 is 1.70 bits per heavy atom. The molecule has 1 aliphatic carbocycles. The van der Waals surface area contributed by atoms with E-state index in [0.29, 0.717) is 11.3 Å². The third kappa shape index (κ3) is 4.51. The van der Waals surface area contributed by atoms with Crippen LogP contribution in [0.15, 0.2) is 79.3 Å². The number of benzene rings is 2. The molecule has 7 nitrogen and oxygen atoms in total. The molecule has 2 aromatic carbocycles. The molecule has 1 aliphatic rings. The molecule has 0 aliphatic heterocycles. The number of hydrogen-bond acceptors (Lipinski definition) is 4. The molecule has 0 atom stereocenters. The molecule has 6 aromatic rings. The highest BCUT2D eigenvalue weighted by atomic mass is 19.1. The van der Waals surface area contributed by atoms with Crippen LogP contribution in [0, 0.1) is 11.7 Å². The Morgan fingerprint density at radius 1 is 0.875 bits per heavy atom. The Labute approximate surface area is 229 Å². The topological polar surface area (TPSA) is 99.3 Å². The number of carbonyl (C=O) groups excluding carboxylic acids is 1. The highest BCUT2D eigenvalue weighted by Crippen LogP contribution is 2.35. The van der Waals surface area contributed by atoms with Crippen molar-refractivity contribution in [1.82, 2.24) is 25.1 Å². The molecule has 40 heavy (non-hydrogen) atoms. The lowest BCUT2D eigenvalue weighted by Crippen LogP contribution is -2.24. The first kappa shape index (κ1) is 24.2. The van der Waals surface area contributed by atoms with Gasteiger partial charge in [-0.2, -0.15) is 5.10 Å². The SMILES string of the molecule is O=C(Nc1cncc(-c2cnc3n[nH]c(-c4cc5c(-c6ccc(F)cc6)cccc5[nH]4)c3c2)c1)C1CCCCC1. The molecule has 0 radical (unpaired) electrons. The predicted octanol–water partition coefficient (Wildman–Crippen LogP) is 7.49. The zero-order valence-electron chi connectivity index (χ0n) is 21.7. The van der Waals surface area contributed by atoms with E-state index in [9.17, 15) is 9.18 Å². The maximum Gasteiger partial charge on any atom is 0.227 e. The number of aromatic amines is 2. The van der Waals surface area contributed by atoms with Crippen molar-refractivity contribution in [2.45, 2.75) is 32.1 Å². The average Bonchev–Trinajstić information content (AvgIpc) is 3.62. The van der Waals surface area contributed by atoms with Crippen LogP contribution in [-0.4, -0.2) is 31.1 Å². The molecule has 7 rings (SSSR count). The van der Waals surface area contributed by atoms with E-state index >= 15 is 0 Å². The Morgan fingerprint density at radius 3 is 2.55 bits per heavy atom. The molecule has 1 saturated carbocycles. The number of pyridine rings is 2. The van der Waals surface area contributed by atoms with Crippen LogP contribution in [-0.2, 0) is 4.79 Å². The number of fused-ring (bicyclic) bond motifs is 2. The van der Waals surface area contributed by atoms with Crippen LogP contribution in [0.5, 0.6) is 0 Å². The zero-order chi connectivity index (χ0) is 27.1. The highest BCUT2D eigenvalue weighted by molar-refractivity contribution is 6.01. The summed E-state index contributed by atoms with van der Waals surface area (Å²) in [5.74, 6) is -0.114. The number of carbonyl (C=O) groups is 1. The summed E-state index contributed by atoms with van der Waals surface area (Å²) in [5.41, 5.74) is 7.64. The van der Waals surface area contributed by atoms with E-state index in [-0.39, 0.29) is 17.6 Å². The van der Waals surface area contributed by atoms with Gasteiger partial charge in [0, 0.05) is 45.7 Å². The van der Waals surface area contributed by atoms with Gasteiger partial charge < -0.3 is 10.3 Å². The standard InChI is InChI=1S/C32H27FN6O/c33-23-11-9-19(10-12-23)25-7-4-8-28-26(25)15-29(37-28)30-27-14-22(17-35-31(27)39-38-30)21-13-24(18-34-16-21)36-32(40)20-5-2-1-3-6-20/h4,7-18,20,37H,1-3,5-6H2,(H,36,40)(H,35,38,39). The van der Waals surface area contributed by atoms with Crippen molar-refractivity contribution < 1.29 is 9.18 Å². The Bertz CT molecular complexity index is 1850. The van der Waals surface area contributed by atoms with E-state index in [1.54, 1.807) is 30.7 Å². The van der Waals surface area contributed by atoms with Crippen molar-refractivity contribution >= 4 is 33.5 Å². The van der Waals surface area contributed by atoms with Crippen LogP contribution < -0.4 is 5.32 Å². The first-order valence-electron chi connectivity index (χ1n) is 13.6. The Kier molecular flexibility index (Phi) is 6.07. The zero-order valence-corrected chi connectivity index (χ0v) is 21.7. The van der Waals surface area contributed by atoms with Crippen molar-refractivity contribution in [3.05, 3.63) is 85.1 Å². The number of halogens is 1. The van der Waals surface area contributed by atoms with E-state index in [0.717, 1.165) is 75.6 Å². The van der Waals surface area contributed by atoms with Crippen molar-refractivity contribution in [1.29, 1.82) is 0 Å². The fourth-order valence-electron chi connectivity index (χ4n) is 5.71. The number of amides is 1. The summed E-state index contributed by atoms with van der Waals surface area (Å²) >= 11 is 0. The largest absolute Gasteiger partial charge is 0.353 e. The fourth-order valence-corrected chi connectivity index (χ4v) is 5.71. The summed E-state index contributed by atoms with van der Waals surface area (Å²) in [6, 6.07) is 18.6. The lowest BCUT2D eigenvalue weighted by Gasteiger charge is -2.20. The predicted molar refractivity (Wildman–Crippen MR) is 155 cm³/mol. The number of rotatable bonds is 5. The second kappa shape index (κ2) is 10.0. The molecule has 1 amide bonds. The summed E-state index contributed by atoms with van der Waals surface area (Å²) < 4.78 is 13.5. The summed E-state index contributed by atoms with van der Waals surface area (Å²) in [6.07, 6.45) is 10.6. The molecule has 4 heterocycles. The molecule has 0 spiro atoms. The van der Waals surface area contributed by atoms with Crippen LogP contribution in [0.3, 0.4) is 0 Å². The minimum Gasteiger partial charge on any atom is -0.353 e. The molecular formula is C32H27FN6O. The summed E-state index contributed by atoms with van der Waals surface area (Å²) in [5, 5.41) is 12.5. The highest BCUT2D eigenvalue weighted by Gasteiger charge is 2.21. The van der Waals surface area contributed by atoms with Gasteiger partial charge in [0.15, 0.2) is 5.65 Å². The minimum absolute atomic E-state index is 0.0724. The third-order valence-corrected chi connectivity index (χ3v) is 7.81. The minimum atomic E-state index is -0.259. The third-order valence-electron chi connectivity index (χ3n) is 7.81. The first-order valence-corrected chi connectivity index (χ1v) is 13.6. The lowest BCUT2D eigenvalue weighted by atomic mass is 9.88. The quantitative estimate of drug-likeness (QED) is 0.215. The Hall–Kier alpha value is -4.85. The van der Waals surface area contributed by atoms with E-state index in [2.05, 4.69) is 36.5 Å². The molecule has 3 N–H and O–H groups in total. The van der Waals surface area contributed by atoms with Gasteiger partial charge in [-0.3, -0.25) is 14.9 Å². The van der Waals surface area contributed by atoms with Gasteiger partial charge in [0.1, 0.15) is 5.82 Å². The second-order valence-corrected chi connectivity index (χ2v) is 10.4. The number of anilines is 1. The van der Waals surface area contributed by atoms with Gasteiger partial charge in [-0.05, 0) is 60.4 Å². The van der Waals surface area contributed by atoms with Crippen LogP contribution in [0.2, 0.25) is 0 Å². The monoisotopic (exact) mass is 530 g/mol. The van der Waals surface area contributed by atoms with Gasteiger partial charge in [0.25, 0.3) is 0 Å². The van der Waals surface area contributed by atoms with Crippen molar-refractivity contribution in [3.8, 4) is 33.6 Å². The van der Waals surface area contributed by atoms with Gasteiger partial charge in [0.2, 0.25) is 5.91 Å². The summed E-state index contributed by atoms with van der Waals surface area (Å²) in [4.78, 5) is 25.2. The van der Waals surface area contributed by atoms with E-state index < -0.39 is 0 Å². The molecule has 0 bridgehead atoms. The normalized spacial score (nSPS) is 14.1. The van der Waals surface area contributed by atoms with Gasteiger partial charge in [-0.25, -0.2) is 9.37 Å². The molecular weight excluding hydrogens is 503 g/mol. The molecule has 0 unspecified atom stereocenters. The van der Waals surface area contributed by atoms with Gasteiger partial charge >= 0.3 is 0 Å². The van der Waals surface area contributed by atoms with E-state index in [1.165, 1.54) is 18.6 Å². The second-order valence-electron chi connectivity index (χ2n) is 10.4. The maximum absolute atomic E-state index is 13.5. The number of hydrogen-bond donors (Lipinski definition) is 3. The first-order chi connectivity index (χ1) is 19.6. The van der Waals surface area contributed by atoms with Crippen molar-refractivity contribution in [2.24, 2.45) is 5.92 Å². The van der Waals surface area contributed by atoms with Gasteiger partial charge in [-0.15, -0.1) is 0 Å². The van der Waals surface area contributed by atoms with Crippen LogP contribution >= 0.6 is 0 Å². The smallest absolute Gasteiger partial charge is 0.227 e. The lowest BCUT2D eigenvalue weighted by molar-refractivity contribution is -0.120. The Balaban J connectivity index is 1.22. The summed E-state index contributed by atoms with van der Waals surface area (Å²) in [7, 11) is 0. The number of aromatic nitrogens is 5. The van der Waals surface area contributed by atoms with Gasteiger partial charge in [0.05, 0.1) is 23.3 Å². The number of nitrogens with zero attached hydrogens (tertiary/aromatic N) is 3. The van der Waals surface area contributed by atoms with E-state index in [4.69, 9.17) is 0 Å². The van der Waals surface area contributed by atoms with Crippen molar-refractivity contribution in [2.75, 3.05) is 5.32 Å². The van der Waals surface area contributed by atoms with Crippen LogP contribution in [0.4, 0.5) is 10.1 Å². The van der Waals surface area contributed by atoms with Crippen LogP contribution in [0.1, 0.15) is 32.1 Å². The molecule has 0 saturated heterocycles. The average molecular weight is 531 g/mol. The molecule has 4 aromatic heterocycles. The number of H-pyrrole nitrogens is 2. The maximum atomic E-state index is 13.5. The summed E-state index contributed by atoms with van der Waals surface area (Å²) in [6.45, 7) is 0. The molecule has 198 valence electrons. The molecule has 1 fully saturated rings. The van der Waals surface area contributed by atoms with Crippen molar-refractivity contribution in [3.63, 3.8) is 0 Å².